The zero-order valence-electron chi connectivity index (χ0n) is 7.28. The van der Waals surface area contributed by atoms with Gasteiger partial charge in [-0.15, -0.1) is 24.8 Å². The molecule has 0 spiro atoms. The van der Waals surface area contributed by atoms with Crippen molar-refractivity contribution in [2.24, 2.45) is 5.92 Å². The van der Waals surface area contributed by atoms with Gasteiger partial charge in [0, 0.05) is 0 Å². The van der Waals surface area contributed by atoms with E-state index in [-0.39, 0.29) is 31.4 Å². The van der Waals surface area contributed by atoms with E-state index < -0.39 is 5.97 Å². The highest BCUT2D eigenvalue weighted by molar-refractivity contribution is 5.85. The molecule has 3 N–H and O–H groups in total. The molecule has 1 aliphatic rings. The van der Waals surface area contributed by atoms with Gasteiger partial charge in [0.15, 0.2) is 0 Å². The summed E-state index contributed by atoms with van der Waals surface area (Å²) in [5, 5.41) is 14.4. The molecule has 1 rings (SSSR count). The maximum absolute atomic E-state index is 10.1. The summed E-state index contributed by atoms with van der Waals surface area (Å²) < 4.78 is 0. The monoisotopic (exact) mass is 230 g/mol. The van der Waals surface area contributed by atoms with Crippen molar-refractivity contribution in [1.82, 2.24) is 10.6 Å². The molecule has 1 atom stereocenters. The van der Waals surface area contributed by atoms with Crippen LogP contribution in [-0.2, 0) is 4.79 Å². The highest BCUT2D eigenvalue weighted by atomic mass is 35.5. The number of carbonyl (C=O) groups is 1. The first kappa shape index (κ1) is 15.4. The van der Waals surface area contributed by atoms with E-state index in [0.29, 0.717) is 5.92 Å². The predicted octanol–water partition coefficient (Wildman–Crippen LogP) is 0.114. The number of carboxylic acids is 1. The van der Waals surface area contributed by atoms with E-state index in [9.17, 15) is 4.79 Å². The van der Waals surface area contributed by atoms with Crippen molar-refractivity contribution in [2.75, 3.05) is 26.2 Å². The summed E-state index contributed by atoms with van der Waals surface area (Å²) in [5.41, 5.74) is 0. The number of aliphatic carboxylic acids is 1. The number of hydrogen-bond donors (Lipinski definition) is 3. The van der Waals surface area contributed by atoms with Crippen LogP contribution < -0.4 is 10.6 Å². The van der Waals surface area contributed by atoms with Crippen LogP contribution in [0.3, 0.4) is 0 Å². The Kier molecular flexibility index (Phi) is 10.2. The van der Waals surface area contributed by atoms with Gasteiger partial charge in [-0.3, -0.25) is 4.79 Å². The quantitative estimate of drug-likeness (QED) is 0.642. The first-order valence-corrected chi connectivity index (χ1v) is 3.92. The van der Waals surface area contributed by atoms with Crippen molar-refractivity contribution in [2.45, 2.75) is 6.42 Å². The molecule has 80 valence electrons. The molecule has 0 bridgehead atoms. The average molecular weight is 231 g/mol. The summed E-state index contributed by atoms with van der Waals surface area (Å²) in [4.78, 5) is 10.1. The van der Waals surface area contributed by atoms with Gasteiger partial charge in [0.25, 0.3) is 0 Å². The largest absolute Gasteiger partial charge is 0.480 e. The SMILES string of the molecule is Cl.Cl.O=C(O)CNC[C@H]1CCNC1. The normalized spacial score (nSPS) is 20.2. The third-order valence-corrected chi connectivity index (χ3v) is 1.87. The predicted molar refractivity (Wildman–Crippen MR) is 56.0 cm³/mol. The number of nitrogens with one attached hydrogen (secondary N) is 2. The number of halogens is 2. The molecule has 0 unspecified atom stereocenters. The van der Waals surface area contributed by atoms with E-state index in [4.69, 9.17) is 5.11 Å². The Bertz CT molecular complexity index is 140. The maximum atomic E-state index is 10.1. The van der Waals surface area contributed by atoms with E-state index in [1.807, 2.05) is 0 Å². The molecular weight excluding hydrogens is 215 g/mol. The molecule has 0 aromatic heterocycles. The van der Waals surface area contributed by atoms with Crippen molar-refractivity contribution in [3.8, 4) is 0 Å². The van der Waals surface area contributed by atoms with Gasteiger partial charge >= 0.3 is 5.97 Å². The molecule has 0 radical (unpaired) electrons. The molecule has 0 aromatic rings. The van der Waals surface area contributed by atoms with E-state index in [1.54, 1.807) is 0 Å². The Balaban J connectivity index is 0. The van der Waals surface area contributed by atoms with Crippen LogP contribution in [0.15, 0.2) is 0 Å². The van der Waals surface area contributed by atoms with Crippen LogP contribution >= 0.6 is 24.8 Å². The van der Waals surface area contributed by atoms with Gasteiger partial charge in [0.05, 0.1) is 6.54 Å². The minimum atomic E-state index is -0.782. The highest BCUT2D eigenvalue weighted by Crippen LogP contribution is 2.04. The topological polar surface area (TPSA) is 61.4 Å². The second kappa shape index (κ2) is 8.56. The fraction of sp³-hybridized carbons (Fsp3) is 0.857. The zero-order valence-corrected chi connectivity index (χ0v) is 8.92. The molecular formula is C7H16Cl2N2O2. The lowest BCUT2D eigenvalue weighted by Gasteiger charge is -2.07. The lowest BCUT2D eigenvalue weighted by atomic mass is 10.1. The Morgan fingerprint density at radius 1 is 1.54 bits per heavy atom. The fourth-order valence-corrected chi connectivity index (χ4v) is 1.27. The molecule has 1 heterocycles. The minimum Gasteiger partial charge on any atom is -0.480 e. The van der Waals surface area contributed by atoms with Crippen LogP contribution in [0.4, 0.5) is 0 Å². The van der Waals surface area contributed by atoms with E-state index in [2.05, 4.69) is 10.6 Å². The summed E-state index contributed by atoms with van der Waals surface area (Å²) >= 11 is 0. The lowest BCUT2D eigenvalue weighted by molar-refractivity contribution is -0.135. The molecule has 1 aliphatic heterocycles. The van der Waals surface area contributed by atoms with Crippen molar-refractivity contribution in [3.05, 3.63) is 0 Å². The van der Waals surface area contributed by atoms with Crippen LogP contribution in [0.2, 0.25) is 0 Å². The highest BCUT2D eigenvalue weighted by Gasteiger charge is 2.13. The second-order valence-electron chi connectivity index (χ2n) is 2.88. The van der Waals surface area contributed by atoms with E-state index in [0.717, 1.165) is 26.1 Å². The fourth-order valence-electron chi connectivity index (χ4n) is 1.27. The molecule has 6 heteroatoms. The third-order valence-electron chi connectivity index (χ3n) is 1.87. The van der Waals surface area contributed by atoms with Gasteiger partial charge < -0.3 is 15.7 Å². The molecule has 0 aliphatic carbocycles. The standard InChI is InChI=1S/C7H14N2O2.2ClH/c10-7(11)5-9-4-6-1-2-8-3-6;;/h6,8-9H,1-5H2,(H,10,11);2*1H/t6-;;/m0../s1. The van der Waals surface area contributed by atoms with Crippen molar-refractivity contribution < 1.29 is 9.90 Å². The Labute approximate surface area is 90.3 Å². The second-order valence-corrected chi connectivity index (χ2v) is 2.88. The summed E-state index contributed by atoms with van der Waals surface area (Å²) in [7, 11) is 0. The summed E-state index contributed by atoms with van der Waals surface area (Å²) in [5.74, 6) is -0.162. The average Bonchev–Trinajstić information content (AvgIpc) is 2.39. The van der Waals surface area contributed by atoms with Gasteiger partial charge in [0.1, 0.15) is 0 Å². The molecule has 0 saturated carbocycles. The Hall–Kier alpha value is -0.0300. The summed E-state index contributed by atoms with van der Waals surface area (Å²) in [6.45, 7) is 2.99. The summed E-state index contributed by atoms with van der Waals surface area (Å²) in [6, 6.07) is 0. The molecule has 13 heavy (non-hydrogen) atoms. The first-order chi connectivity index (χ1) is 5.29. The minimum absolute atomic E-state index is 0. The van der Waals surface area contributed by atoms with Crippen molar-refractivity contribution >= 4 is 30.8 Å². The van der Waals surface area contributed by atoms with Gasteiger partial charge in [-0.1, -0.05) is 0 Å². The Morgan fingerprint density at radius 2 is 2.23 bits per heavy atom. The van der Waals surface area contributed by atoms with Crippen LogP contribution in [0.1, 0.15) is 6.42 Å². The van der Waals surface area contributed by atoms with Gasteiger partial charge in [0.2, 0.25) is 0 Å². The molecule has 1 saturated heterocycles. The van der Waals surface area contributed by atoms with Gasteiger partial charge in [-0.05, 0) is 32.0 Å². The third kappa shape index (κ3) is 7.07. The van der Waals surface area contributed by atoms with Gasteiger partial charge in [-0.25, -0.2) is 0 Å². The van der Waals surface area contributed by atoms with Crippen LogP contribution in [0.25, 0.3) is 0 Å². The zero-order chi connectivity index (χ0) is 8.10. The molecule has 4 nitrogen and oxygen atoms in total. The first-order valence-electron chi connectivity index (χ1n) is 3.92. The van der Waals surface area contributed by atoms with E-state index >= 15 is 0 Å². The number of rotatable bonds is 4. The number of carboxylic acid groups (broad SMARTS) is 1. The lowest BCUT2D eigenvalue weighted by Crippen LogP contribution is -2.29. The molecule has 0 amide bonds. The molecule has 0 aromatic carbocycles. The van der Waals surface area contributed by atoms with Crippen molar-refractivity contribution in [1.29, 1.82) is 0 Å². The number of hydrogen-bond acceptors (Lipinski definition) is 3. The van der Waals surface area contributed by atoms with Crippen LogP contribution in [0, 0.1) is 5.92 Å². The maximum Gasteiger partial charge on any atom is 0.317 e. The molecule has 1 fully saturated rings. The van der Waals surface area contributed by atoms with Crippen molar-refractivity contribution in [3.63, 3.8) is 0 Å². The Morgan fingerprint density at radius 3 is 2.69 bits per heavy atom. The van der Waals surface area contributed by atoms with Crippen LogP contribution in [-0.4, -0.2) is 37.3 Å². The van der Waals surface area contributed by atoms with E-state index in [1.165, 1.54) is 0 Å². The van der Waals surface area contributed by atoms with Crippen LogP contribution in [0.5, 0.6) is 0 Å². The van der Waals surface area contributed by atoms with Gasteiger partial charge in [-0.2, -0.15) is 0 Å². The summed E-state index contributed by atoms with van der Waals surface area (Å²) in [6.07, 6.45) is 1.16. The smallest absolute Gasteiger partial charge is 0.317 e.